The molecule has 0 aliphatic carbocycles. The topological polar surface area (TPSA) is 65.3 Å². The summed E-state index contributed by atoms with van der Waals surface area (Å²) in [4.78, 5) is 13.2. The number of nitro groups is 1. The van der Waals surface area contributed by atoms with Gasteiger partial charge in [-0.15, -0.1) is 0 Å². The van der Waals surface area contributed by atoms with E-state index >= 15 is 0 Å². The Bertz CT molecular complexity index is 400. The average Bonchev–Trinajstić information content (AvgIpc) is 2.16. The van der Waals surface area contributed by atoms with Gasteiger partial charge in [0.15, 0.2) is 0 Å². The molecule has 0 radical (unpaired) electrons. The van der Waals surface area contributed by atoms with Crippen LogP contribution in [0.25, 0.3) is 0 Å². The minimum Gasteiger partial charge on any atom is -0.476 e. The number of nitrogens with zero attached hydrogens (tertiary/aromatic N) is 2. The normalized spacial score (nSPS) is 10.5. The molecule has 5 nitrogen and oxygen atoms in total. The van der Waals surface area contributed by atoms with E-state index in [0.29, 0.717) is 0 Å². The van der Waals surface area contributed by atoms with Crippen LogP contribution in [-0.4, -0.2) is 17.0 Å². The molecule has 0 saturated carbocycles. The molecular weight excluding hydrogens is 278 g/mol. The summed E-state index contributed by atoms with van der Waals surface area (Å²) in [6, 6.07) is 0.737. The first-order valence-corrected chi connectivity index (χ1v) is 4.43. The third-order valence-electron chi connectivity index (χ3n) is 1.57. The van der Waals surface area contributed by atoms with Gasteiger partial charge in [-0.2, -0.15) is 4.98 Å². The fourth-order valence-corrected chi connectivity index (χ4v) is 1.36. The molecule has 0 N–H and O–H groups in total. The highest BCUT2D eigenvalue weighted by molar-refractivity contribution is 9.10. The lowest BCUT2D eigenvalue weighted by molar-refractivity contribution is -0.386. The van der Waals surface area contributed by atoms with Gasteiger partial charge in [-0.05, 0) is 15.9 Å². The Labute approximate surface area is 91.3 Å². The lowest BCUT2D eigenvalue weighted by Gasteiger charge is -2.05. The van der Waals surface area contributed by atoms with E-state index in [1.165, 1.54) is 7.11 Å². The Morgan fingerprint density at radius 3 is 2.67 bits per heavy atom. The average molecular weight is 283 g/mol. The van der Waals surface area contributed by atoms with Crippen LogP contribution in [-0.2, 0) is 0 Å². The summed E-state index contributed by atoms with van der Waals surface area (Å²) in [6.07, 6.45) is -2.84. The molecule has 15 heavy (non-hydrogen) atoms. The molecule has 0 aliphatic rings. The van der Waals surface area contributed by atoms with Crippen molar-refractivity contribution in [2.75, 3.05) is 7.11 Å². The predicted octanol–water partition coefficient (Wildman–Crippen LogP) is 2.70. The number of pyridine rings is 1. The smallest absolute Gasteiger partial charge is 0.331 e. The zero-order chi connectivity index (χ0) is 11.6. The summed E-state index contributed by atoms with van der Waals surface area (Å²) in [6.45, 7) is 0. The minimum absolute atomic E-state index is 0.167. The number of ether oxygens (including phenoxy) is 1. The van der Waals surface area contributed by atoms with Crippen molar-refractivity contribution in [1.82, 2.24) is 4.98 Å². The van der Waals surface area contributed by atoms with Crippen molar-refractivity contribution >= 4 is 21.6 Å². The number of aromatic nitrogens is 1. The van der Waals surface area contributed by atoms with E-state index in [2.05, 4.69) is 25.7 Å². The molecule has 1 aromatic rings. The molecule has 1 heterocycles. The van der Waals surface area contributed by atoms with Crippen LogP contribution in [0.2, 0.25) is 0 Å². The lowest BCUT2D eigenvalue weighted by atomic mass is 10.2. The number of methoxy groups -OCH3 is 1. The molecule has 82 valence electrons. The van der Waals surface area contributed by atoms with Gasteiger partial charge in [0.1, 0.15) is 4.60 Å². The van der Waals surface area contributed by atoms with E-state index in [1.54, 1.807) is 0 Å². The second-order valence-electron chi connectivity index (χ2n) is 2.45. The first-order valence-electron chi connectivity index (χ1n) is 3.64. The molecule has 0 aliphatic heterocycles. The molecular formula is C7H5BrF2N2O3. The van der Waals surface area contributed by atoms with Gasteiger partial charge >= 0.3 is 5.69 Å². The number of hydrogen-bond donors (Lipinski definition) is 0. The van der Waals surface area contributed by atoms with Crippen molar-refractivity contribution in [2.24, 2.45) is 0 Å². The van der Waals surface area contributed by atoms with E-state index < -0.39 is 22.6 Å². The molecule has 0 fully saturated rings. The summed E-state index contributed by atoms with van der Waals surface area (Å²) in [5.74, 6) is -0.309. The first-order chi connectivity index (χ1) is 6.97. The molecule has 0 aromatic carbocycles. The molecule has 1 aromatic heterocycles. The van der Waals surface area contributed by atoms with E-state index in [0.717, 1.165) is 6.07 Å². The van der Waals surface area contributed by atoms with Gasteiger partial charge in [-0.1, -0.05) is 0 Å². The fourth-order valence-electron chi connectivity index (χ4n) is 0.914. The van der Waals surface area contributed by atoms with Gasteiger partial charge < -0.3 is 4.74 Å². The number of rotatable bonds is 3. The highest BCUT2D eigenvalue weighted by Crippen LogP contribution is 2.34. The summed E-state index contributed by atoms with van der Waals surface area (Å²) >= 11 is 2.78. The second-order valence-corrected chi connectivity index (χ2v) is 3.21. The van der Waals surface area contributed by atoms with Crippen LogP contribution in [0.5, 0.6) is 5.88 Å². The van der Waals surface area contributed by atoms with E-state index in [1.807, 2.05) is 0 Å². The molecule has 0 bridgehead atoms. The zero-order valence-electron chi connectivity index (χ0n) is 7.41. The highest BCUT2D eigenvalue weighted by Gasteiger charge is 2.23. The maximum Gasteiger partial charge on any atom is 0.331 e. The van der Waals surface area contributed by atoms with Crippen molar-refractivity contribution < 1.29 is 18.4 Å². The SMILES string of the molecule is COc1nc(Br)c(C(F)F)cc1[N+](=O)[O-]. The second kappa shape index (κ2) is 4.47. The predicted molar refractivity (Wildman–Crippen MR) is 50.1 cm³/mol. The summed E-state index contributed by atoms with van der Waals surface area (Å²) in [5.41, 5.74) is -1.13. The van der Waals surface area contributed by atoms with Crippen LogP contribution in [0.4, 0.5) is 14.5 Å². The van der Waals surface area contributed by atoms with Crippen molar-refractivity contribution in [1.29, 1.82) is 0 Å². The van der Waals surface area contributed by atoms with Gasteiger partial charge in [0.05, 0.1) is 17.6 Å². The maximum atomic E-state index is 12.4. The Balaban J connectivity index is 3.37. The van der Waals surface area contributed by atoms with Crippen molar-refractivity contribution in [3.63, 3.8) is 0 Å². The summed E-state index contributed by atoms with van der Waals surface area (Å²) < 4.78 is 29.2. The summed E-state index contributed by atoms with van der Waals surface area (Å²) in [5, 5.41) is 10.5. The summed E-state index contributed by atoms with van der Waals surface area (Å²) in [7, 11) is 1.17. The number of halogens is 3. The van der Waals surface area contributed by atoms with Gasteiger partial charge in [-0.3, -0.25) is 10.1 Å². The van der Waals surface area contributed by atoms with Crippen molar-refractivity contribution in [2.45, 2.75) is 6.43 Å². The van der Waals surface area contributed by atoms with Gasteiger partial charge in [0.2, 0.25) is 0 Å². The van der Waals surface area contributed by atoms with Gasteiger partial charge in [0.25, 0.3) is 12.3 Å². The zero-order valence-corrected chi connectivity index (χ0v) is 8.99. The Kier molecular flexibility index (Phi) is 3.51. The van der Waals surface area contributed by atoms with Crippen molar-refractivity contribution in [3.05, 3.63) is 26.3 Å². The van der Waals surface area contributed by atoms with Gasteiger partial charge in [-0.25, -0.2) is 8.78 Å². The van der Waals surface area contributed by atoms with Crippen LogP contribution < -0.4 is 4.74 Å². The quantitative estimate of drug-likeness (QED) is 0.486. The highest BCUT2D eigenvalue weighted by atomic mass is 79.9. The third kappa shape index (κ3) is 2.38. The molecule has 0 unspecified atom stereocenters. The monoisotopic (exact) mass is 282 g/mol. The van der Waals surface area contributed by atoms with E-state index in [9.17, 15) is 18.9 Å². The van der Waals surface area contributed by atoms with E-state index in [4.69, 9.17) is 0 Å². The Hall–Kier alpha value is -1.31. The minimum atomic E-state index is -2.84. The van der Waals surface area contributed by atoms with Crippen LogP contribution in [0, 0.1) is 10.1 Å². The van der Waals surface area contributed by atoms with Crippen molar-refractivity contribution in [3.8, 4) is 5.88 Å². The first kappa shape index (κ1) is 11.8. The van der Waals surface area contributed by atoms with Crippen LogP contribution >= 0.6 is 15.9 Å². The van der Waals surface area contributed by atoms with E-state index in [-0.39, 0.29) is 10.5 Å². The molecule has 0 saturated heterocycles. The number of hydrogen-bond acceptors (Lipinski definition) is 4. The Morgan fingerprint density at radius 1 is 1.67 bits per heavy atom. The molecule has 8 heteroatoms. The van der Waals surface area contributed by atoms with Crippen LogP contribution in [0.15, 0.2) is 10.7 Å². The molecule has 0 spiro atoms. The molecule has 0 atom stereocenters. The maximum absolute atomic E-state index is 12.4. The van der Waals surface area contributed by atoms with Crippen LogP contribution in [0.3, 0.4) is 0 Å². The Morgan fingerprint density at radius 2 is 2.27 bits per heavy atom. The fraction of sp³-hybridized carbons (Fsp3) is 0.286. The van der Waals surface area contributed by atoms with Crippen LogP contribution in [0.1, 0.15) is 12.0 Å². The van der Waals surface area contributed by atoms with Gasteiger partial charge in [0, 0.05) is 6.07 Å². The molecule has 0 amide bonds. The lowest BCUT2D eigenvalue weighted by Crippen LogP contribution is -2.00. The standard InChI is InChI=1S/C7H5BrF2N2O3/c1-15-7-4(12(13)14)2-3(6(9)10)5(8)11-7/h2,6H,1H3. The molecule has 1 rings (SSSR count). The third-order valence-corrected chi connectivity index (χ3v) is 2.21. The number of alkyl halides is 2. The largest absolute Gasteiger partial charge is 0.476 e.